The Bertz CT molecular complexity index is 279. The molecule has 1 N–H and O–H groups in total. The topological polar surface area (TPSA) is 46.5 Å². The van der Waals surface area contributed by atoms with Gasteiger partial charge in [0.15, 0.2) is 4.88 Å². The average molecular weight is 216 g/mol. The Morgan fingerprint density at radius 2 is 2.07 bits per heavy atom. The molecule has 0 aliphatic carbocycles. The van der Waals surface area contributed by atoms with Crippen LogP contribution >= 0.6 is 11.3 Å². The third-order valence-corrected chi connectivity index (χ3v) is 2.07. The van der Waals surface area contributed by atoms with E-state index in [1.54, 1.807) is 11.4 Å². The van der Waals surface area contributed by atoms with Crippen molar-refractivity contribution in [3.63, 3.8) is 0 Å². The van der Waals surface area contributed by atoms with E-state index in [1.807, 2.05) is 27.7 Å². The van der Waals surface area contributed by atoms with Gasteiger partial charge < -0.3 is 9.84 Å². The monoisotopic (exact) mass is 216 g/mol. The maximum atomic E-state index is 10.6. The van der Waals surface area contributed by atoms with Crippen molar-refractivity contribution in [2.24, 2.45) is 0 Å². The van der Waals surface area contributed by atoms with Crippen LogP contribution in [0.3, 0.4) is 0 Å². The van der Waals surface area contributed by atoms with Gasteiger partial charge in [-0.2, -0.15) is 0 Å². The molecule has 0 aromatic carbocycles. The number of rotatable bonds is 3. The number of thiophene rings is 1. The van der Waals surface area contributed by atoms with Crippen LogP contribution in [0.4, 0.5) is 0 Å². The first-order chi connectivity index (χ1) is 6.61. The Kier molecular flexibility index (Phi) is 5.95. The van der Waals surface area contributed by atoms with E-state index in [-0.39, 0.29) is 11.0 Å². The van der Waals surface area contributed by atoms with Gasteiger partial charge in [0.1, 0.15) is 5.75 Å². The minimum atomic E-state index is -0.930. The van der Waals surface area contributed by atoms with Crippen LogP contribution in [-0.4, -0.2) is 17.2 Å². The lowest BCUT2D eigenvalue weighted by atomic mass is 10.4. The lowest BCUT2D eigenvalue weighted by Crippen LogP contribution is -2.07. The molecule has 0 unspecified atom stereocenters. The minimum absolute atomic E-state index is 0.0118. The van der Waals surface area contributed by atoms with E-state index in [2.05, 4.69) is 0 Å². The van der Waals surface area contributed by atoms with Crippen molar-refractivity contribution in [3.05, 3.63) is 16.3 Å². The van der Waals surface area contributed by atoms with Gasteiger partial charge in [0, 0.05) is 0 Å². The fourth-order valence-electron chi connectivity index (χ4n) is 0.800. The van der Waals surface area contributed by atoms with E-state index in [4.69, 9.17) is 9.84 Å². The fourth-order valence-corrected chi connectivity index (χ4v) is 1.46. The molecule has 0 radical (unpaired) electrons. The SMILES string of the molecule is CC.CC(C)Oc1ccsc1C(=O)O. The van der Waals surface area contributed by atoms with Crippen LogP contribution in [0.1, 0.15) is 37.4 Å². The van der Waals surface area contributed by atoms with Crippen molar-refractivity contribution < 1.29 is 14.6 Å². The standard InChI is InChI=1S/C8H10O3S.C2H6/c1-5(2)11-6-3-4-12-7(6)8(9)10;1-2/h3-5H,1-2H3,(H,9,10);1-2H3. The van der Waals surface area contributed by atoms with Crippen LogP contribution in [-0.2, 0) is 0 Å². The first kappa shape index (κ1) is 13.0. The van der Waals surface area contributed by atoms with Crippen molar-refractivity contribution in [2.75, 3.05) is 0 Å². The summed E-state index contributed by atoms with van der Waals surface area (Å²) in [5.41, 5.74) is 0. The maximum Gasteiger partial charge on any atom is 0.349 e. The third-order valence-electron chi connectivity index (χ3n) is 1.19. The van der Waals surface area contributed by atoms with Crippen LogP contribution in [0, 0.1) is 0 Å². The van der Waals surface area contributed by atoms with Gasteiger partial charge >= 0.3 is 5.97 Å². The highest BCUT2D eigenvalue weighted by Crippen LogP contribution is 2.25. The van der Waals surface area contributed by atoms with Gasteiger partial charge in [-0.05, 0) is 25.3 Å². The van der Waals surface area contributed by atoms with Crippen molar-refractivity contribution in [3.8, 4) is 5.75 Å². The summed E-state index contributed by atoms with van der Waals surface area (Å²) in [6.45, 7) is 7.73. The summed E-state index contributed by atoms with van der Waals surface area (Å²) in [5.74, 6) is -0.469. The Morgan fingerprint density at radius 3 is 2.50 bits per heavy atom. The van der Waals surface area contributed by atoms with Crippen molar-refractivity contribution in [2.45, 2.75) is 33.8 Å². The highest BCUT2D eigenvalue weighted by Gasteiger charge is 2.13. The zero-order chi connectivity index (χ0) is 11.1. The van der Waals surface area contributed by atoms with Crippen molar-refractivity contribution in [1.29, 1.82) is 0 Å². The van der Waals surface area contributed by atoms with E-state index >= 15 is 0 Å². The van der Waals surface area contributed by atoms with Crippen LogP contribution in [0.2, 0.25) is 0 Å². The lowest BCUT2D eigenvalue weighted by Gasteiger charge is -2.07. The van der Waals surface area contributed by atoms with Crippen molar-refractivity contribution >= 4 is 17.3 Å². The van der Waals surface area contributed by atoms with E-state index < -0.39 is 5.97 Å². The Hall–Kier alpha value is -1.03. The van der Waals surface area contributed by atoms with Gasteiger partial charge in [0.05, 0.1) is 6.10 Å². The number of hydrogen-bond acceptors (Lipinski definition) is 3. The molecule has 1 aromatic heterocycles. The molecule has 0 spiro atoms. The van der Waals surface area contributed by atoms with Gasteiger partial charge in [-0.25, -0.2) is 4.79 Å². The Balaban J connectivity index is 0.000000791. The summed E-state index contributed by atoms with van der Waals surface area (Å²) < 4.78 is 5.28. The first-order valence-electron chi connectivity index (χ1n) is 4.58. The summed E-state index contributed by atoms with van der Waals surface area (Å²) >= 11 is 1.18. The summed E-state index contributed by atoms with van der Waals surface area (Å²) in [4.78, 5) is 10.9. The summed E-state index contributed by atoms with van der Waals surface area (Å²) in [6.07, 6.45) is 0.0118. The van der Waals surface area contributed by atoms with Crippen LogP contribution in [0.15, 0.2) is 11.4 Å². The second-order valence-corrected chi connectivity index (χ2v) is 3.50. The molecule has 1 rings (SSSR count). The van der Waals surface area contributed by atoms with E-state index in [0.717, 1.165) is 0 Å². The molecule has 1 heterocycles. The molecule has 80 valence electrons. The molecule has 14 heavy (non-hydrogen) atoms. The first-order valence-corrected chi connectivity index (χ1v) is 5.46. The van der Waals surface area contributed by atoms with Crippen molar-refractivity contribution in [1.82, 2.24) is 0 Å². The number of aromatic carboxylic acids is 1. The molecule has 1 aromatic rings. The summed E-state index contributed by atoms with van der Waals surface area (Å²) in [5, 5.41) is 10.4. The second kappa shape index (κ2) is 6.43. The second-order valence-electron chi connectivity index (χ2n) is 2.59. The Morgan fingerprint density at radius 1 is 1.50 bits per heavy atom. The van der Waals surface area contributed by atoms with E-state index in [9.17, 15) is 4.79 Å². The molecule has 0 saturated heterocycles. The van der Waals surface area contributed by atoms with Crippen LogP contribution in [0.5, 0.6) is 5.75 Å². The lowest BCUT2D eigenvalue weighted by molar-refractivity contribution is 0.0696. The molecular weight excluding hydrogens is 200 g/mol. The molecule has 3 nitrogen and oxygen atoms in total. The van der Waals surface area contributed by atoms with Crippen LogP contribution in [0.25, 0.3) is 0 Å². The molecule has 0 aliphatic heterocycles. The van der Waals surface area contributed by atoms with Gasteiger partial charge in [-0.1, -0.05) is 13.8 Å². The van der Waals surface area contributed by atoms with E-state index in [1.165, 1.54) is 11.3 Å². The average Bonchev–Trinajstić information content (AvgIpc) is 2.55. The zero-order valence-electron chi connectivity index (χ0n) is 8.90. The molecular formula is C10H16O3S. The smallest absolute Gasteiger partial charge is 0.349 e. The molecule has 0 atom stereocenters. The number of ether oxygens (including phenoxy) is 1. The zero-order valence-corrected chi connectivity index (χ0v) is 9.72. The van der Waals surface area contributed by atoms with Gasteiger partial charge in [0.2, 0.25) is 0 Å². The van der Waals surface area contributed by atoms with Crippen LogP contribution < -0.4 is 4.74 Å². The number of carboxylic acid groups (broad SMARTS) is 1. The summed E-state index contributed by atoms with van der Waals surface area (Å²) in [7, 11) is 0. The minimum Gasteiger partial charge on any atom is -0.489 e. The Labute approximate surface area is 88.3 Å². The number of carboxylic acids is 1. The van der Waals surface area contributed by atoms with Gasteiger partial charge in [-0.15, -0.1) is 11.3 Å². The maximum absolute atomic E-state index is 10.6. The summed E-state index contributed by atoms with van der Waals surface area (Å²) in [6, 6.07) is 1.67. The van der Waals surface area contributed by atoms with Gasteiger partial charge in [-0.3, -0.25) is 0 Å². The largest absolute Gasteiger partial charge is 0.489 e. The highest BCUT2D eigenvalue weighted by molar-refractivity contribution is 7.12. The van der Waals surface area contributed by atoms with E-state index in [0.29, 0.717) is 5.75 Å². The molecule has 0 aliphatic rings. The molecule has 4 heteroatoms. The molecule has 0 amide bonds. The normalized spacial score (nSPS) is 9.21. The highest BCUT2D eigenvalue weighted by atomic mass is 32.1. The predicted molar refractivity (Wildman–Crippen MR) is 58.4 cm³/mol. The predicted octanol–water partition coefficient (Wildman–Crippen LogP) is 3.26. The fraction of sp³-hybridized carbons (Fsp3) is 0.500. The van der Waals surface area contributed by atoms with Gasteiger partial charge in [0.25, 0.3) is 0 Å². The third kappa shape index (κ3) is 3.79. The molecule has 0 fully saturated rings. The quantitative estimate of drug-likeness (QED) is 0.843. The number of carbonyl (C=O) groups is 1. The number of hydrogen-bond donors (Lipinski definition) is 1. The molecule has 0 saturated carbocycles. The molecule has 0 bridgehead atoms.